The van der Waals surface area contributed by atoms with Crippen LogP contribution in [0.15, 0.2) is 60.8 Å². The lowest BCUT2D eigenvalue weighted by atomic mass is 10.1. The van der Waals surface area contributed by atoms with Gasteiger partial charge in [0.15, 0.2) is 0 Å². The number of fused-ring (bicyclic) bond motifs is 1. The van der Waals surface area contributed by atoms with Crippen molar-refractivity contribution >= 4 is 11.8 Å². The second kappa shape index (κ2) is 4.49. The maximum Gasteiger partial charge on any atom is 0.124 e. The van der Waals surface area contributed by atoms with E-state index in [4.69, 9.17) is 0 Å². The number of hydrogen-bond donors (Lipinski definition) is 0. The van der Waals surface area contributed by atoms with Crippen LogP contribution in [0.4, 0.5) is 0 Å². The van der Waals surface area contributed by atoms with E-state index >= 15 is 0 Å². The largest absolute Gasteiger partial charge is 0.316 e. The second-order valence-electron chi connectivity index (χ2n) is 4.25. The van der Waals surface area contributed by atoms with Crippen LogP contribution < -0.4 is 0 Å². The highest BCUT2D eigenvalue weighted by Gasteiger charge is 2.09. The molecule has 0 atom stereocenters. The Hall–Kier alpha value is -2.35. The molecule has 3 rings (SSSR count). The first kappa shape index (κ1) is 10.8. The number of aromatic nitrogens is 1. The number of carbonyl (C=O) groups excluding carboxylic acids is 1. The van der Waals surface area contributed by atoms with Crippen LogP contribution in [0.2, 0.25) is 0 Å². The van der Waals surface area contributed by atoms with Crippen LogP contribution in [0.1, 0.15) is 5.56 Å². The molecule has 0 aliphatic rings. The first-order valence-corrected chi connectivity index (χ1v) is 5.98. The van der Waals surface area contributed by atoms with Crippen molar-refractivity contribution in [3.63, 3.8) is 0 Å². The molecule has 0 bridgehead atoms. The van der Waals surface area contributed by atoms with Crippen molar-refractivity contribution in [1.82, 2.24) is 4.40 Å². The number of pyridine rings is 1. The molecule has 0 N–H and O–H groups in total. The molecule has 0 radical (unpaired) electrons. The average molecular weight is 235 g/mol. The summed E-state index contributed by atoms with van der Waals surface area (Å²) in [5.41, 5.74) is 4.46. The zero-order valence-electron chi connectivity index (χ0n) is 9.91. The number of carbonyl (C=O) groups is 1. The lowest BCUT2D eigenvalue weighted by Gasteiger charge is -2.02. The summed E-state index contributed by atoms with van der Waals surface area (Å²) in [6.07, 6.45) is 3.45. The Morgan fingerprint density at radius 2 is 1.78 bits per heavy atom. The first-order chi connectivity index (χ1) is 8.90. The van der Waals surface area contributed by atoms with E-state index in [0.29, 0.717) is 6.42 Å². The lowest BCUT2D eigenvalue weighted by Crippen LogP contribution is -1.87. The molecule has 0 aliphatic heterocycles. The molecule has 0 aliphatic carbocycles. The van der Waals surface area contributed by atoms with Crippen LogP contribution in [0.3, 0.4) is 0 Å². The van der Waals surface area contributed by atoms with Crippen LogP contribution in [-0.2, 0) is 11.2 Å². The Bertz CT molecular complexity index is 683. The molecule has 0 saturated carbocycles. The van der Waals surface area contributed by atoms with E-state index in [1.807, 2.05) is 42.6 Å². The third-order valence-corrected chi connectivity index (χ3v) is 3.13. The Balaban J connectivity index is 2.27. The van der Waals surface area contributed by atoms with Crippen LogP contribution in [0, 0.1) is 0 Å². The minimum atomic E-state index is 0.459. The Morgan fingerprint density at radius 1 is 1.00 bits per heavy atom. The van der Waals surface area contributed by atoms with Gasteiger partial charge < -0.3 is 9.20 Å². The van der Waals surface area contributed by atoms with Gasteiger partial charge in [-0.2, -0.15) is 0 Å². The molecule has 2 aromatic heterocycles. The van der Waals surface area contributed by atoms with Crippen molar-refractivity contribution in [2.75, 3.05) is 0 Å². The van der Waals surface area contributed by atoms with Crippen molar-refractivity contribution in [2.24, 2.45) is 0 Å². The minimum Gasteiger partial charge on any atom is -0.316 e. The highest BCUT2D eigenvalue weighted by Crippen LogP contribution is 2.26. The van der Waals surface area contributed by atoms with Gasteiger partial charge in [0.1, 0.15) is 6.29 Å². The second-order valence-corrected chi connectivity index (χ2v) is 4.25. The lowest BCUT2D eigenvalue weighted by molar-refractivity contribution is -0.107. The van der Waals surface area contributed by atoms with Gasteiger partial charge in [0.2, 0.25) is 0 Å². The summed E-state index contributed by atoms with van der Waals surface area (Å²) in [5.74, 6) is 0. The summed E-state index contributed by atoms with van der Waals surface area (Å²) in [4.78, 5) is 10.8. The highest BCUT2D eigenvalue weighted by molar-refractivity contribution is 5.74. The predicted octanol–water partition coefficient (Wildman–Crippen LogP) is 3.35. The normalized spacial score (nSPS) is 10.7. The molecule has 18 heavy (non-hydrogen) atoms. The van der Waals surface area contributed by atoms with Gasteiger partial charge in [-0.3, -0.25) is 0 Å². The van der Waals surface area contributed by atoms with Gasteiger partial charge in [-0.05, 0) is 29.3 Å². The molecule has 2 nitrogen and oxygen atoms in total. The van der Waals surface area contributed by atoms with Crippen molar-refractivity contribution in [3.05, 3.63) is 66.4 Å². The van der Waals surface area contributed by atoms with Crippen molar-refractivity contribution in [1.29, 1.82) is 0 Å². The third kappa shape index (κ3) is 1.72. The molecule has 1 aromatic carbocycles. The first-order valence-electron chi connectivity index (χ1n) is 5.98. The number of hydrogen-bond acceptors (Lipinski definition) is 1. The monoisotopic (exact) mass is 235 g/mol. The fourth-order valence-electron chi connectivity index (χ4n) is 2.31. The Labute approximate surface area is 105 Å². The fraction of sp³-hybridized carbons (Fsp3) is 0.0625. The highest BCUT2D eigenvalue weighted by atomic mass is 16.1. The van der Waals surface area contributed by atoms with Gasteiger partial charge in [0.05, 0.1) is 5.69 Å². The van der Waals surface area contributed by atoms with Crippen LogP contribution in [0.5, 0.6) is 0 Å². The standard InChI is InChI=1S/C16H13NO/c18-11-9-14-12-16(13-6-2-1-3-7-13)17-10-5-4-8-15(14)17/h1-8,10-12H,9H2. The molecular formula is C16H13NO. The molecule has 0 saturated heterocycles. The quantitative estimate of drug-likeness (QED) is 0.638. The fourth-order valence-corrected chi connectivity index (χ4v) is 2.31. The number of aldehydes is 1. The summed E-state index contributed by atoms with van der Waals surface area (Å²) < 4.78 is 2.13. The summed E-state index contributed by atoms with van der Waals surface area (Å²) in [6, 6.07) is 18.4. The zero-order valence-corrected chi connectivity index (χ0v) is 9.91. The van der Waals surface area contributed by atoms with Gasteiger partial charge in [0, 0.05) is 18.1 Å². The van der Waals surface area contributed by atoms with Gasteiger partial charge in [0.25, 0.3) is 0 Å². The van der Waals surface area contributed by atoms with E-state index in [-0.39, 0.29) is 0 Å². The van der Waals surface area contributed by atoms with E-state index in [2.05, 4.69) is 22.6 Å². The van der Waals surface area contributed by atoms with Gasteiger partial charge in [-0.15, -0.1) is 0 Å². The topological polar surface area (TPSA) is 21.5 Å². The smallest absolute Gasteiger partial charge is 0.124 e. The summed E-state index contributed by atoms with van der Waals surface area (Å²) in [6.45, 7) is 0. The van der Waals surface area contributed by atoms with Crippen LogP contribution >= 0.6 is 0 Å². The molecule has 0 fully saturated rings. The van der Waals surface area contributed by atoms with E-state index < -0.39 is 0 Å². The molecule has 2 heterocycles. The Kier molecular flexibility index (Phi) is 2.69. The van der Waals surface area contributed by atoms with Crippen LogP contribution in [-0.4, -0.2) is 10.7 Å². The zero-order chi connectivity index (χ0) is 12.4. The van der Waals surface area contributed by atoms with E-state index in [0.717, 1.165) is 28.6 Å². The van der Waals surface area contributed by atoms with E-state index in [1.165, 1.54) is 0 Å². The van der Waals surface area contributed by atoms with Crippen molar-refractivity contribution in [2.45, 2.75) is 6.42 Å². The summed E-state index contributed by atoms with van der Waals surface area (Å²) in [5, 5.41) is 0. The SMILES string of the molecule is O=CCc1cc(-c2ccccc2)n2ccccc12. The summed E-state index contributed by atoms with van der Waals surface area (Å²) in [7, 11) is 0. The molecule has 88 valence electrons. The Morgan fingerprint density at radius 3 is 2.56 bits per heavy atom. The van der Waals surface area contributed by atoms with Gasteiger partial charge in [-0.25, -0.2) is 0 Å². The third-order valence-electron chi connectivity index (χ3n) is 3.13. The van der Waals surface area contributed by atoms with Crippen molar-refractivity contribution in [3.8, 4) is 11.3 Å². The summed E-state index contributed by atoms with van der Waals surface area (Å²) >= 11 is 0. The molecule has 0 spiro atoms. The molecular weight excluding hydrogens is 222 g/mol. The van der Waals surface area contributed by atoms with Gasteiger partial charge >= 0.3 is 0 Å². The molecule has 0 amide bonds. The van der Waals surface area contributed by atoms with E-state index in [9.17, 15) is 4.79 Å². The van der Waals surface area contributed by atoms with Crippen LogP contribution in [0.25, 0.3) is 16.8 Å². The molecule has 0 unspecified atom stereocenters. The van der Waals surface area contributed by atoms with Crippen molar-refractivity contribution < 1.29 is 4.79 Å². The minimum absolute atomic E-state index is 0.459. The number of nitrogens with zero attached hydrogens (tertiary/aromatic N) is 1. The van der Waals surface area contributed by atoms with Gasteiger partial charge in [-0.1, -0.05) is 36.4 Å². The number of rotatable bonds is 3. The maximum absolute atomic E-state index is 10.8. The van der Waals surface area contributed by atoms with E-state index in [1.54, 1.807) is 0 Å². The number of benzene rings is 1. The predicted molar refractivity (Wildman–Crippen MR) is 72.6 cm³/mol. The molecule has 2 heteroatoms. The molecule has 3 aromatic rings. The maximum atomic E-state index is 10.8. The average Bonchev–Trinajstić information content (AvgIpc) is 2.80.